The predicted octanol–water partition coefficient (Wildman–Crippen LogP) is 1.29. The van der Waals surface area contributed by atoms with Crippen LogP contribution in [-0.2, 0) is 6.42 Å². The first kappa shape index (κ1) is 9.16. The lowest BCUT2D eigenvalue weighted by atomic mass is 10.1. The highest BCUT2D eigenvalue weighted by Gasteiger charge is 2.08. The third kappa shape index (κ3) is 1.62. The molecule has 0 saturated carbocycles. The van der Waals surface area contributed by atoms with Gasteiger partial charge in [0, 0.05) is 6.61 Å². The second kappa shape index (κ2) is 3.65. The van der Waals surface area contributed by atoms with E-state index in [1.165, 1.54) is 6.07 Å². The first-order valence-corrected chi connectivity index (χ1v) is 3.84. The number of phenolic OH excluding ortho intramolecular Hbond substituents is 2. The number of hydrogen-bond donors (Lipinski definition) is 3. The summed E-state index contributed by atoms with van der Waals surface area (Å²) in [6, 6.07) is 2.90. The van der Waals surface area contributed by atoms with Gasteiger partial charge in [0.15, 0.2) is 11.5 Å². The van der Waals surface area contributed by atoms with E-state index < -0.39 is 0 Å². The van der Waals surface area contributed by atoms with E-state index in [9.17, 15) is 0 Å². The van der Waals surface area contributed by atoms with E-state index in [1.807, 2.05) is 0 Å². The van der Waals surface area contributed by atoms with Gasteiger partial charge in [-0.15, -0.1) is 0 Å². The second-order valence-electron chi connectivity index (χ2n) is 2.38. The highest BCUT2D eigenvalue weighted by Crippen LogP contribution is 2.35. The van der Waals surface area contributed by atoms with Gasteiger partial charge in [0.1, 0.15) is 0 Å². The van der Waals surface area contributed by atoms with Gasteiger partial charge in [-0.05, 0) is 18.1 Å². The molecular formula is C8H9ClO3. The summed E-state index contributed by atoms with van der Waals surface area (Å²) in [7, 11) is 0. The molecule has 1 rings (SSSR count). The van der Waals surface area contributed by atoms with Crippen LogP contribution in [0.5, 0.6) is 11.5 Å². The zero-order valence-electron chi connectivity index (χ0n) is 6.29. The first-order valence-electron chi connectivity index (χ1n) is 3.47. The summed E-state index contributed by atoms with van der Waals surface area (Å²) in [6.07, 6.45) is 0.368. The SMILES string of the molecule is OCCc1ccc(O)c(O)c1Cl. The number of aromatic hydroxyl groups is 2. The van der Waals surface area contributed by atoms with Crippen molar-refractivity contribution < 1.29 is 15.3 Å². The van der Waals surface area contributed by atoms with Crippen molar-refractivity contribution >= 4 is 11.6 Å². The summed E-state index contributed by atoms with van der Waals surface area (Å²) >= 11 is 5.66. The molecule has 3 N–H and O–H groups in total. The van der Waals surface area contributed by atoms with Gasteiger partial charge in [0.05, 0.1) is 5.02 Å². The average Bonchev–Trinajstić information content (AvgIpc) is 2.07. The molecule has 0 aliphatic heterocycles. The lowest BCUT2D eigenvalue weighted by Crippen LogP contribution is -1.91. The molecule has 0 amide bonds. The van der Waals surface area contributed by atoms with Gasteiger partial charge in [0.25, 0.3) is 0 Å². The normalized spacial score (nSPS) is 10.2. The van der Waals surface area contributed by atoms with Crippen molar-refractivity contribution in [1.82, 2.24) is 0 Å². The monoisotopic (exact) mass is 188 g/mol. The number of benzene rings is 1. The summed E-state index contributed by atoms with van der Waals surface area (Å²) in [6.45, 7) is -0.0378. The Hall–Kier alpha value is -0.930. The van der Waals surface area contributed by atoms with Crippen LogP contribution in [0.2, 0.25) is 5.02 Å². The minimum atomic E-state index is -0.331. The van der Waals surface area contributed by atoms with Crippen LogP contribution in [0.3, 0.4) is 0 Å². The molecule has 0 aliphatic carbocycles. The van der Waals surface area contributed by atoms with Gasteiger partial charge in [-0.2, -0.15) is 0 Å². The van der Waals surface area contributed by atoms with E-state index in [0.29, 0.717) is 12.0 Å². The van der Waals surface area contributed by atoms with E-state index in [2.05, 4.69) is 0 Å². The van der Waals surface area contributed by atoms with E-state index in [1.54, 1.807) is 6.07 Å². The number of halogens is 1. The number of aliphatic hydroxyl groups is 1. The Bertz CT molecular complexity index is 286. The molecule has 3 nitrogen and oxygen atoms in total. The maximum absolute atomic E-state index is 9.15. The molecule has 4 heteroatoms. The Kier molecular flexibility index (Phi) is 2.78. The van der Waals surface area contributed by atoms with Crippen LogP contribution in [0.25, 0.3) is 0 Å². The molecule has 0 bridgehead atoms. The molecule has 0 spiro atoms. The average molecular weight is 189 g/mol. The third-order valence-electron chi connectivity index (χ3n) is 1.56. The standard InChI is InChI=1S/C8H9ClO3/c9-7-5(3-4-10)1-2-6(11)8(7)12/h1-2,10-12H,3-4H2. The van der Waals surface area contributed by atoms with Crippen LogP contribution in [0.15, 0.2) is 12.1 Å². The fraction of sp³-hybridized carbons (Fsp3) is 0.250. The van der Waals surface area contributed by atoms with Crippen LogP contribution in [0.4, 0.5) is 0 Å². The highest BCUT2D eigenvalue weighted by molar-refractivity contribution is 6.33. The van der Waals surface area contributed by atoms with Crippen LogP contribution in [-0.4, -0.2) is 21.9 Å². The van der Waals surface area contributed by atoms with E-state index in [-0.39, 0.29) is 23.1 Å². The van der Waals surface area contributed by atoms with E-state index in [0.717, 1.165) is 0 Å². The van der Waals surface area contributed by atoms with Crippen LogP contribution in [0, 0.1) is 0 Å². The van der Waals surface area contributed by atoms with Gasteiger partial charge in [-0.3, -0.25) is 0 Å². The van der Waals surface area contributed by atoms with Gasteiger partial charge in [0.2, 0.25) is 0 Å². The maximum atomic E-state index is 9.15. The lowest BCUT2D eigenvalue weighted by Gasteiger charge is -2.05. The topological polar surface area (TPSA) is 60.7 Å². The van der Waals surface area contributed by atoms with Crippen molar-refractivity contribution in [3.05, 3.63) is 22.7 Å². The molecule has 0 aliphatic rings. The largest absolute Gasteiger partial charge is 0.504 e. The number of rotatable bonds is 2. The zero-order valence-corrected chi connectivity index (χ0v) is 7.04. The van der Waals surface area contributed by atoms with E-state index in [4.69, 9.17) is 26.9 Å². The van der Waals surface area contributed by atoms with Gasteiger partial charge < -0.3 is 15.3 Å². The Morgan fingerprint density at radius 2 is 1.92 bits per heavy atom. The Morgan fingerprint density at radius 1 is 1.25 bits per heavy atom. The molecule has 1 aromatic rings. The molecule has 0 heterocycles. The van der Waals surface area contributed by atoms with Gasteiger partial charge in [-0.25, -0.2) is 0 Å². The summed E-state index contributed by atoms with van der Waals surface area (Å²) in [5, 5.41) is 26.8. The minimum Gasteiger partial charge on any atom is -0.504 e. The predicted molar refractivity (Wildman–Crippen MR) is 45.6 cm³/mol. The molecule has 12 heavy (non-hydrogen) atoms. The highest BCUT2D eigenvalue weighted by atomic mass is 35.5. The Balaban J connectivity index is 3.08. The smallest absolute Gasteiger partial charge is 0.176 e. The lowest BCUT2D eigenvalue weighted by molar-refractivity contribution is 0.299. The summed E-state index contributed by atoms with van der Waals surface area (Å²) in [5.41, 5.74) is 0.620. The fourth-order valence-electron chi connectivity index (χ4n) is 0.910. The van der Waals surface area contributed by atoms with Crippen molar-refractivity contribution in [3.8, 4) is 11.5 Å². The summed E-state index contributed by atoms with van der Waals surface area (Å²) in [5.74, 6) is -0.579. The van der Waals surface area contributed by atoms with Crippen molar-refractivity contribution in [1.29, 1.82) is 0 Å². The first-order chi connectivity index (χ1) is 5.66. The van der Waals surface area contributed by atoms with Crippen LogP contribution < -0.4 is 0 Å². The van der Waals surface area contributed by atoms with Crippen LogP contribution >= 0.6 is 11.6 Å². The zero-order chi connectivity index (χ0) is 9.14. The van der Waals surface area contributed by atoms with Crippen molar-refractivity contribution in [2.45, 2.75) is 6.42 Å². The molecular weight excluding hydrogens is 180 g/mol. The van der Waals surface area contributed by atoms with Crippen molar-refractivity contribution in [2.24, 2.45) is 0 Å². The second-order valence-corrected chi connectivity index (χ2v) is 2.76. The van der Waals surface area contributed by atoms with Crippen LogP contribution in [0.1, 0.15) is 5.56 Å². The molecule has 0 saturated heterocycles. The van der Waals surface area contributed by atoms with E-state index >= 15 is 0 Å². The van der Waals surface area contributed by atoms with Gasteiger partial charge >= 0.3 is 0 Å². The van der Waals surface area contributed by atoms with Crippen molar-refractivity contribution in [2.75, 3.05) is 6.61 Å². The number of aliphatic hydroxyl groups excluding tert-OH is 1. The summed E-state index contributed by atoms with van der Waals surface area (Å²) in [4.78, 5) is 0. The molecule has 1 aromatic carbocycles. The Morgan fingerprint density at radius 3 is 2.50 bits per heavy atom. The molecule has 0 aromatic heterocycles. The molecule has 66 valence electrons. The Labute approximate surface area is 74.8 Å². The maximum Gasteiger partial charge on any atom is 0.176 e. The quantitative estimate of drug-likeness (QED) is 0.613. The molecule has 0 atom stereocenters. The minimum absolute atomic E-state index is 0.0378. The third-order valence-corrected chi connectivity index (χ3v) is 1.98. The summed E-state index contributed by atoms with van der Waals surface area (Å²) < 4.78 is 0. The number of phenols is 2. The molecule has 0 radical (unpaired) electrons. The van der Waals surface area contributed by atoms with Gasteiger partial charge in [-0.1, -0.05) is 17.7 Å². The van der Waals surface area contributed by atoms with Crippen molar-refractivity contribution in [3.63, 3.8) is 0 Å². The molecule has 0 fully saturated rings. The number of hydrogen-bond acceptors (Lipinski definition) is 3. The fourth-order valence-corrected chi connectivity index (χ4v) is 1.16. The molecule has 0 unspecified atom stereocenters.